The van der Waals surface area contributed by atoms with Gasteiger partial charge < -0.3 is 13.4 Å². The van der Waals surface area contributed by atoms with E-state index in [1.807, 2.05) is 24.3 Å². The molecule has 13 aromatic rings. The second-order valence-corrected chi connectivity index (χ2v) is 16.0. The van der Waals surface area contributed by atoms with Gasteiger partial charge in [0.05, 0.1) is 22.4 Å². The molecule has 0 spiro atoms. The normalized spacial score (nSPS) is 11.9. The summed E-state index contributed by atoms with van der Waals surface area (Å²) in [4.78, 5) is 0. The maximum atomic E-state index is 6.64. The van der Waals surface area contributed by atoms with Crippen LogP contribution in [0.25, 0.3) is 122 Å². The maximum Gasteiger partial charge on any atom is 0.196 e. The molecular weight excluding hydrogens is 757 g/mol. The Morgan fingerprint density at radius 2 is 0.645 bits per heavy atom. The van der Waals surface area contributed by atoms with Gasteiger partial charge in [0.15, 0.2) is 11.2 Å². The standard InChI is InChI=1S/C58H36N2O2/c1-3-17-37(18-4-1)41-21-7-9-23-43(41)39-31-33-49-47(35-39)48-36-40(44-24-10-8-22-42(44)38-19-5-2-6-20-38)32-34-50(48)59(49)51-27-13-14-28-52(51)60-55-45-25-11-15-29-53(45)61-57(55)58-56(60)46-26-12-16-30-54(46)62-58/h1-36H. The number of hydrogen-bond acceptors (Lipinski definition) is 2. The number of rotatable bonds is 6. The Balaban J connectivity index is 1.11. The van der Waals surface area contributed by atoms with Crippen molar-refractivity contribution in [3.8, 4) is 55.9 Å². The molecule has 290 valence electrons. The average molecular weight is 793 g/mol. The maximum absolute atomic E-state index is 6.64. The lowest BCUT2D eigenvalue weighted by molar-refractivity contribution is 0.634. The molecule has 13 rings (SSSR count). The molecule has 0 aliphatic carbocycles. The van der Waals surface area contributed by atoms with E-state index in [1.54, 1.807) is 0 Å². The number of benzene rings is 9. The highest BCUT2D eigenvalue weighted by Crippen LogP contribution is 2.46. The first-order valence-corrected chi connectivity index (χ1v) is 21.1. The minimum Gasteiger partial charge on any atom is -0.450 e. The third kappa shape index (κ3) is 5.14. The molecule has 0 saturated carbocycles. The van der Waals surface area contributed by atoms with Crippen LogP contribution >= 0.6 is 0 Å². The smallest absolute Gasteiger partial charge is 0.196 e. The SMILES string of the molecule is c1ccc(-c2ccccc2-c2ccc3c(c2)c2cc(-c4ccccc4-c4ccccc4)ccc2n3-c2ccccc2-n2c3c4ccccc4oc3c3oc4ccccc4c32)cc1. The van der Waals surface area contributed by atoms with Gasteiger partial charge in [-0.1, -0.05) is 158 Å². The molecule has 0 amide bonds. The molecule has 4 heterocycles. The number of aromatic nitrogens is 2. The van der Waals surface area contributed by atoms with E-state index in [0.717, 1.165) is 66.5 Å². The molecule has 4 aromatic heterocycles. The van der Waals surface area contributed by atoms with E-state index in [0.29, 0.717) is 0 Å². The molecule has 0 aliphatic rings. The summed E-state index contributed by atoms with van der Waals surface area (Å²) in [7, 11) is 0. The Morgan fingerprint density at radius 3 is 1.11 bits per heavy atom. The van der Waals surface area contributed by atoms with Gasteiger partial charge >= 0.3 is 0 Å². The Bertz CT molecular complexity index is 3630. The third-order valence-electron chi connectivity index (χ3n) is 12.6. The van der Waals surface area contributed by atoms with Gasteiger partial charge in [-0.05, 0) is 105 Å². The molecule has 0 unspecified atom stereocenters. The monoisotopic (exact) mass is 792 g/mol. The topological polar surface area (TPSA) is 36.1 Å². The quantitative estimate of drug-likeness (QED) is 0.168. The predicted octanol–water partition coefficient (Wildman–Crippen LogP) is 16.0. The first kappa shape index (κ1) is 34.5. The van der Waals surface area contributed by atoms with Gasteiger partial charge in [-0.3, -0.25) is 4.57 Å². The number of furan rings is 2. The Kier molecular flexibility index (Phi) is 7.57. The largest absolute Gasteiger partial charge is 0.450 e. The van der Waals surface area contributed by atoms with Crippen molar-refractivity contribution in [2.45, 2.75) is 0 Å². The van der Waals surface area contributed by atoms with E-state index in [4.69, 9.17) is 8.83 Å². The fourth-order valence-electron chi connectivity index (χ4n) is 9.84. The molecule has 0 saturated heterocycles. The van der Waals surface area contributed by atoms with Crippen LogP contribution in [0.1, 0.15) is 0 Å². The van der Waals surface area contributed by atoms with Gasteiger partial charge in [0.2, 0.25) is 0 Å². The van der Waals surface area contributed by atoms with Crippen LogP contribution in [0.3, 0.4) is 0 Å². The van der Waals surface area contributed by atoms with E-state index >= 15 is 0 Å². The van der Waals surface area contributed by atoms with Crippen LogP contribution in [0.4, 0.5) is 0 Å². The fraction of sp³-hybridized carbons (Fsp3) is 0. The lowest BCUT2D eigenvalue weighted by atomic mass is 9.92. The Morgan fingerprint density at radius 1 is 0.274 bits per heavy atom. The zero-order chi connectivity index (χ0) is 40.7. The van der Waals surface area contributed by atoms with Crippen molar-refractivity contribution in [3.63, 3.8) is 0 Å². The first-order valence-electron chi connectivity index (χ1n) is 21.1. The predicted molar refractivity (Wildman–Crippen MR) is 256 cm³/mol. The molecule has 0 radical (unpaired) electrons. The second kappa shape index (κ2) is 13.6. The van der Waals surface area contributed by atoms with Crippen molar-refractivity contribution < 1.29 is 8.83 Å². The lowest BCUT2D eigenvalue weighted by Crippen LogP contribution is -2.03. The molecular formula is C58H36N2O2. The highest BCUT2D eigenvalue weighted by Gasteiger charge is 2.27. The molecule has 4 heteroatoms. The van der Waals surface area contributed by atoms with Crippen LogP contribution in [0.2, 0.25) is 0 Å². The first-order chi connectivity index (χ1) is 30.8. The van der Waals surface area contributed by atoms with Crippen LogP contribution < -0.4 is 0 Å². The Labute approximate surface area is 356 Å². The zero-order valence-corrected chi connectivity index (χ0v) is 33.5. The number of fused-ring (bicyclic) bond motifs is 10. The van der Waals surface area contributed by atoms with Crippen molar-refractivity contribution in [2.75, 3.05) is 0 Å². The van der Waals surface area contributed by atoms with E-state index in [2.05, 4.69) is 203 Å². The highest BCUT2D eigenvalue weighted by atomic mass is 16.4. The summed E-state index contributed by atoms with van der Waals surface area (Å²) in [6.45, 7) is 0. The lowest BCUT2D eigenvalue weighted by Gasteiger charge is -2.16. The van der Waals surface area contributed by atoms with Crippen molar-refractivity contribution >= 4 is 65.9 Å². The number of nitrogens with zero attached hydrogens (tertiary/aromatic N) is 2. The van der Waals surface area contributed by atoms with Crippen molar-refractivity contribution in [1.82, 2.24) is 9.13 Å². The molecule has 0 fully saturated rings. The van der Waals surface area contributed by atoms with E-state index in [-0.39, 0.29) is 0 Å². The van der Waals surface area contributed by atoms with Crippen LogP contribution in [0.5, 0.6) is 0 Å². The Hall–Kier alpha value is -8.34. The van der Waals surface area contributed by atoms with Gasteiger partial charge in [-0.15, -0.1) is 0 Å². The summed E-state index contributed by atoms with van der Waals surface area (Å²) in [5.74, 6) is 0. The summed E-state index contributed by atoms with van der Waals surface area (Å²) < 4.78 is 18.1. The summed E-state index contributed by atoms with van der Waals surface area (Å²) in [5, 5.41) is 4.44. The van der Waals surface area contributed by atoms with Gasteiger partial charge in [-0.2, -0.15) is 0 Å². The van der Waals surface area contributed by atoms with Crippen molar-refractivity contribution in [1.29, 1.82) is 0 Å². The number of para-hydroxylation sites is 4. The molecule has 0 atom stereocenters. The highest BCUT2D eigenvalue weighted by molar-refractivity contribution is 6.21. The van der Waals surface area contributed by atoms with E-state index in [9.17, 15) is 0 Å². The van der Waals surface area contributed by atoms with Gasteiger partial charge in [0.25, 0.3) is 0 Å². The summed E-state index contributed by atoms with van der Waals surface area (Å²) >= 11 is 0. The molecule has 0 aliphatic heterocycles. The second-order valence-electron chi connectivity index (χ2n) is 16.0. The van der Waals surface area contributed by atoms with E-state index < -0.39 is 0 Å². The molecule has 0 N–H and O–H groups in total. The summed E-state index contributed by atoms with van der Waals surface area (Å²) in [6, 6.07) is 78.1. The minimum atomic E-state index is 0.748. The van der Waals surface area contributed by atoms with Crippen LogP contribution in [-0.4, -0.2) is 9.13 Å². The average Bonchev–Trinajstić information content (AvgIpc) is 4.09. The summed E-state index contributed by atoms with van der Waals surface area (Å²) in [6.07, 6.45) is 0. The minimum absolute atomic E-state index is 0.748. The number of hydrogen-bond donors (Lipinski definition) is 0. The molecule has 9 aromatic carbocycles. The van der Waals surface area contributed by atoms with Gasteiger partial charge in [0, 0.05) is 21.5 Å². The van der Waals surface area contributed by atoms with Crippen molar-refractivity contribution in [3.05, 3.63) is 218 Å². The third-order valence-corrected chi connectivity index (χ3v) is 12.6. The van der Waals surface area contributed by atoms with E-state index in [1.165, 1.54) is 55.3 Å². The van der Waals surface area contributed by atoms with Crippen molar-refractivity contribution in [2.24, 2.45) is 0 Å². The fourth-order valence-corrected chi connectivity index (χ4v) is 9.84. The summed E-state index contributed by atoms with van der Waals surface area (Å²) in [5.41, 5.74) is 19.0. The zero-order valence-electron chi connectivity index (χ0n) is 33.5. The van der Waals surface area contributed by atoms with Crippen LogP contribution in [-0.2, 0) is 0 Å². The van der Waals surface area contributed by atoms with Crippen LogP contribution in [0, 0.1) is 0 Å². The van der Waals surface area contributed by atoms with Crippen LogP contribution in [0.15, 0.2) is 227 Å². The molecule has 62 heavy (non-hydrogen) atoms. The van der Waals surface area contributed by atoms with Gasteiger partial charge in [-0.25, -0.2) is 0 Å². The molecule has 4 nitrogen and oxygen atoms in total. The molecule has 0 bridgehead atoms. The van der Waals surface area contributed by atoms with Gasteiger partial charge in [0.1, 0.15) is 22.2 Å².